The van der Waals surface area contributed by atoms with E-state index in [1.807, 2.05) is 24.1 Å². The van der Waals surface area contributed by atoms with Gasteiger partial charge in [0.2, 0.25) is 5.91 Å². The Balaban J connectivity index is 1.78. The van der Waals surface area contributed by atoms with E-state index in [0.29, 0.717) is 12.1 Å². The normalized spacial score (nSPS) is 11.0. The molecule has 7 heteroatoms. The number of hydrogen-bond acceptors (Lipinski definition) is 3. The van der Waals surface area contributed by atoms with Crippen LogP contribution in [0.3, 0.4) is 0 Å². The maximum Gasteiger partial charge on any atom is 0.234 e. The number of hydrogen-bond donors (Lipinski definition) is 1. The Bertz CT molecular complexity index is 663. The van der Waals surface area contributed by atoms with E-state index in [4.69, 9.17) is 0 Å². The van der Waals surface area contributed by atoms with Gasteiger partial charge in [0, 0.05) is 18.0 Å². The first kappa shape index (κ1) is 17.1. The molecule has 2 aromatic rings. The van der Waals surface area contributed by atoms with Crippen LogP contribution in [-0.4, -0.2) is 24.4 Å². The van der Waals surface area contributed by atoms with Crippen LogP contribution in [0.4, 0.5) is 8.78 Å². The van der Waals surface area contributed by atoms with Crippen molar-refractivity contribution in [3.05, 3.63) is 56.2 Å². The molecule has 1 amide bonds. The number of halogens is 3. The van der Waals surface area contributed by atoms with Gasteiger partial charge in [0.1, 0.15) is 0 Å². The third-order valence-corrected chi connectivity index (χ3v) is 4.55. The van der Waals surface area contributed by atoms with Crippen LogP contribution in [0.2, 0.25) is 0 Å². The molecule has 0 unspecified atom stereocenters. The van der Waals surface area contributed by atoms with Crippen LogP contribution in [0.25, 0.3) is 0 Å². The summed E-state index contributed by atoms with van der Waals surface area (Å²) in [7, 11) is 1.85. The van der Waals surface area contributed by atoms with Gasteiger partial charge in [-0.1, -0.05) is 6.07 Å². The SMILES string of the molecule is CN(CC(=O)NCc1ccc(F)c(F)c1)Cc1ccc(Br)s1. The number of thiophene rings is 1. The van der Waals surface area contributed by atoms with E-state index in [0.717, 1.165) is 20.8 Å². The molecule has 0 saturated heterocycles. The number of nitrogens with zero attached hydrogens (tertiary/aromatic N) is 1. The topological polar surface area (TPSA) is 32.3 Å². The molecular weight excluding hydrogens is 374 g/mol. The van der Waals surface area contributed by atoms with Crippen LogP contribution in [0.5, 0.6) is 0 Å². The van der Waals surface area contributed by atoms with Gasteiger partial charge in [-0.2, -0.15) is 0 Å². The summed E-state index contributed by atoms with van der Waals surface area (Å²) in [4.78, 5) is 14.9. The molecule has 0 aliphatic heterocycles. The van der Waals surface area contributed by atoms with Gasteiger partial charge in [0.25, 0.3) is 0 Å². The molecule has 0 saturated carbocycles. The molecule has 0 aliphatic carbocycles. The molecular formula is C15H15BrF2N2OS. The Morgan fingerprint density at radius 3 is 2.68 bits per heavy atom. The molecule has 118 valence electrons. The number of amides is 1. The van der Waals surface area contributed by atoms with Crippen LogP contribution in [0.15, 0.2) is 34.1 Å². The average molecular weight is 389 g/mol. The summed E-state index contributed by atoms with van der Waals surface area (Å²) in [6.07, 6.45) is 0. The van der Waals surface area contributed by atoms with Crippen molar-refractivity contribution in [1.29, 1.82) is 0 Å². The predicted octanol–water partition coefficient (Wildman–Crippen LogP) is 3.54. The van der Waals surface area contributed by atoms with Gasteiger partial charge in [-0.25, -0.2) is 8.78 Å². The van der Waals surface area contributed by atoms with Crippen molar-refractivity contribution < 1.29 is 13.6 Å². The van der Waals surface area contributed by atoms with E-state index in [9.17, 15) is 13.6 Å². The van der Waals surface area contributed by atoms with Gasteiger partial charge in [-0.15, -0.1) is 11.3 Å². The maximum atomic E-state index is 13.1. The van der Waals surface area contributed by atoms with Crippen molar-refractivity contribution in [2.45, 2.75) is 13.1 Å². The van der Waals surface area contributed by atoms with Crippen LogP contribution >= 0.6 is 27.3 Å². The minimum Gasteiger partial charge on any atom is -0.351 e. The second-order valence-corrected chi connectivity index (χ2v) is 7.45. The van der Waals surface area contributed by atoms with E-state index in [-0.39, 0.29) is 19.0 Å². The highest BCUT2D eigenvalue weighted by atomic mass is 79.9. The zero-order valence-electron chi connectivity index (χ0n) is 11.9. The Morgan fingerprint density at radius 2 is 2.05 bits per heavy atom. The van der Waals surface area contributed by atoms with Gasteiger partial charge >= 0.3 is 0 Å². The Kier molecular flexibility index (Phi) is 6.05. The quantitative estimate of drug-likeness (QED) is 0.820. The molecule has 0 fully saturated rings. The molecule has 0 atom stereocenters. The first-order chi connectivity index (χ1) is 10.4. The van der Waals surface area contributed by atoms with Crippen molar-refractivity contribution in [3.8, 4) is 0 Å². The number of nitrogens with one attached hydrogen (secondary N) is 1. The number of carbonyl (C=O) groups is 1. The van der Waals surface area contributed by atoms with Crippen molar-refractivity contribution in [2.24, 2.45) is 0 Å². The fourth-order valence-corrected chi connectivity index (χ4v) is 3.47. The van der Waals surface area contributed by atoms with Crippen LogP contribution in [0.1, 0.15) is 10.4 Å². The zero-order valence-corrected chi connectivity index (χ0v) is 14.3. The highest BCUT2D eigenvalue weighted by Crippen LogP contribution is 2.22. The Morgan fingerprint density at radius 1 is 1.27 bits per heavy atom. The summed E-state index contributed by atoms with van der Waals surface area (Å²) >= 11 is 5.02. The third kappa shape index (κ3) is 5.15. The molecule has 3 nitrogen and oxygen atoms in total. The first-order valence-electron chi connectivity index (χ1n) is 6.57. The van der Waals surface area contributed by atoms with Crippen molar-refractivity contribution in [2.75, 3.05) is 13.6 Å². The highest BCUT2D eigenvalue weighted by molar-refractivity contribution is 9.11. The number of likely N-dealkylation sites (N-methyl/N-ethyl adjacent to an activating group) is 1. The van der Waals surface area contributed by atoms with Crippen molar-refractivity contribution in [1.82, 2.24) is 10.2 Å². The summed E-state index contributed by atoms with van der Waals surface area (Å²) in [6, 6.07) is 7.56. The van der Waals surface area contributed by atoms with Crippen LogP contribution in [-0.2, 0) is 17.9 Å². The average Bonchev–Trinajstić information content (AvgIpc) is 2.85. The lowest BCUT2D eigenvalue weighted by molar-refractivity contribution is -0.122. The lowest BCUT2D eigenvalue weighted by atomic mass is 10.2. The minimum atomic E-state index is -0.910. The smallest absolute Gasteiger partial charge is 0.234 e. The summed E-state index contributed by atoms with van der Waals surface area (Å²) < 4.78 is 26.9. The number of carbonyl (C=O) groups excluding carboxylic acids is 1. The molecule has 1 aromatic carbocycles. The van der Waals surface area contributed by atoms with Gasteiger partial charge < -0.3 is 5.32 Å². The molecule has 1 heterocycles. The molecule has 0 spiro atoms. The van der Waals surface area contributed by atoms with Gasteiger partial charge in [-0.3, -0.25) is 9.69 Å². The van der Waals surface area contributed by atoms with Gasteiger partial charge in [0.05, 0.1) is 10.3 Å². The second-order valence-electron chi connectivity index (χ2n) is 4.90. The fourth-order valence-electron chi connectivity index (χ4n) is 1.91. The van der Waals surface area contributed by atoms with Crippen molar-refractivity contribution >= 4 is 33.2 Å². The first-order valence-corrected chi connectivity index (χ1v) is 8.18. The fraction of sp³-hybridized carbons (Fsp3) is 0.267. The second kappa shape index (κ2) is 7.80. The maximum absolute atomic E-state index is 13.1. The molecule has 0 aliphatic rings. The third-order valence-electron chi connectivity index (χ3n) is 2.94. The largest absolute Gasteiger partial charge is 0.351 e. The summed E-state index contributed by atoms with van der Waals surface area (Å²) in [6.45, 7) is 1.09. The van der Waals surface area contributed by atoms with Gasteiger partial charge in [-0.05, 0) is 52.8 Å². The standard InChI is InChI=1S/C15H15BrF2N2OS/c1-20(8-11-3-5-14(16)22-11)9-15(21)19-7-10-2-4-12(17)13(18)6-10/h2-6H,7-9H2,1H3,(H,19,21). The molecule has 2 rings (SSSR count). The van der Waals surface area contributed by atoms with E-state index in [2.05, 4.69) is 21.2 Å². The predicted molar refractivity (Wildman–Crippen MR) is 86.6 cm³/mol. The summed E-state index contributed by atoms with van der Waals surface area (Å²) in [5, 5.41) is 2.69. The minimum absolute atomic E-state index is 0.164. The van der Waals surface area contributed by atoms with Crippen molar-refractivity contribution in [3.63, 3.8) is 0 Å². The van der Waals surface area contributed by atoms with E-state index >= 15 is 0 Å². The summed E-state index contributed by atoms with van der Waals surface area (Å²) in [5.74, 6) is -1.97. The zero-order chi connectivity index (χ0) is 16.1. The van der Waals surface area contributed by atoms with E-state index < -0.39 is 11.6 Å². The van der Waals surface area contributed by atoms with Crippen LogP contribution < -0.4 is 5.32 Å². The number of rotatable bonds is 6. The lowest BCUT2D eigenvalue weighted by Gasteiger charge is -2.15. The van der Waals surface area contributed by atoms with E-state index in [1.165, 1.54) is 6.07 Å². The lowest BCUT2D eigenvalue weighted by Crippen LogP contribution is -2.34. The van der Waals surface area contributed by atoms with Gasteiger partial charge in [0.15, 0.2) is 11.6 Å². The number of benzene rings is 1. The van der Waals surface area contributed by atoms with Crippen LogP contribution in [0, 0.1) is 11.6 Å². The highest BCUT2D eigenvalue weighted by Gasteiger charge is 2.09. The molecule has 1 aromatic heterocycles. The van der Waals surface area contributed by atoms with E-state index in [1.54, 1.807) is 11.3 Å². The molecule has 1 N–H and O–H groups in total. The monoisotopic (exact) mass is 388 g/mol. The molecule has 0 radical (unpaired) electrons. The molecule has 22 heavy (non-hydrogen) atoms. The summed E-state index contributed by atoms with van der Waals surface area (Å²) in [5.41, 5.74) is 0.525. The Labute approximate surface area is 140 Å². The Hall–Kier alpha value is -1.31. The molecule has 0 bridgehead atoms.